The summed E-state index contributed by atoms with van der Waals surface area (Å²) in [5.74, 6) is 0.386. The van der Waals surface area contributed by atoms with Gasteiger partial charge in [0.25, 0.3) is 0 Å². The van der Waals surface area contributed by atoms with E-state index in [1.54, 1.807) is 0 Å². The van der Waals surface area contributed by atoms with Crippen molar-refractivity contribution in [2.45, 2.75) is 51.1 Å². The highest BCUT2D eigenvalue weighted by Crippen LogP contribution is 2.20. The Morgan fingerprint density at radius 2 is 1.88 bits per heavy atom. The molecule has 1 aromatic rings. The molecule has 1 saturated heterocycles. The molecule has 2 fully saturated rings. The number of rotatable bonds is 5. The molecule has 0 spiro atoms. The second-order valence-electron chi connectivity index (χ2n) is 7.02. The smallest absolute Gasteiger partial charge is 0.315 e. The van der Waals surface area contributed by atoms with Gasteiger partial charge in [-0.1, -0.05) is 49.6 Å². The summed E-state index contributed by atoms with van der Waals surface area (Å²) in [6, 6.07) is 10.3. The molecule has 1 aliphatic heterocycles. The molecule has 1 atom stereocenters. The third-order valence-corrected chi connectivity index (χ3v) is 5.00. The Morgan fingerprint density at radius 1 is 1.12 bits per heavy atom. The van der Waals surface area contributed by atoms with Gasteiger partial charge in [0.1, 0.15) is 0 Å². The first kappa shape index (κ1) is 16.8. The van der Waals surface area contributed by atoms with Gasteiger partial charge in [-0.05, 0) is 18.4 Å². The van der Waals surface area contributed by atoms with Crippen LogP contribution in [0.3, 0.4) is 0 Å². The number of carbonyl (C=O) groups is 2. The lowest BCUT2D eigenvalue weighted by Gasteiger charge is -2.23. The van der Waals surface area contributed by atoms with Gasteiger partial charge >= 0.3 is 6.03 Å². The Hall–Kier alpha value is -2.04. The Morgan fingerprint density at radius 3 is 2.62 bits per heavy atom. The SMILES string of the molecule is O=C(NC[C@H]1CC(=O)N(Cc2ccccc2)C1)NC1CCCCC1. The average molecular weight is 329 g/mol. The van der Waals surface area contributed by atoms with Crippen molar-refractivity contribution in [3.63, 3.8) is 0 Å². The lowest BCUT2D eigenvalue weighted by atomic mass is 9.96. The number of amides is 3. The van der Waals surface area contributed by atoms with E-state index in [1.807, 2.05) is 35.2 Å². The molecule has 2 N–H and O–H groups in total. The van der Waals surface area contributed by atoms with Crippen molar-refractivity contribution in [1.82, 2.24) is 15.5 Å². The molecule has 24 heavy (non-hydrogen) atoms. The molecule has 2 aliphatic rings. The summed E-state index contributed by atoms with van der Waals surface area (Å²) in [5.41, 5.74) is 1.15. The van der Waals surface area contributed by atoms with Crippen LogP contribution in [0.25, 0.3) is 0 Å². The van der Waals surface area contributed by atoms with Crippen LogP contribution in [-0.4, -0.2) is 36.0 Å². The van der Waals surface area contributed by atoms with Crippen molar-refractivity contribution in [3.8, 4) is 0 Å². The molecule has 0 unspecified atom stereocenters. The zero-order valence-corrected chi connectivity index (χ0v) is 14.2. The Labute approximate surface area is 143 Å². The molecular formula is C19H27N3O2. The van der Waals surface area contributed by atoms with Crippen LogP contribution in [0.5, 0.6) is 0 Å². The summed E-state index contributed by atoms with van der Waals surface area (Å²) < 4.78 is 0. The first-order valence-corrected chi connectivity index (χ1v) is 9.07. The Kier molecular flexibility index (Phi) is 5.72. The van der Waals surface area contributed by atoms with Gasteiger partial charge in [0.15, 0.2) is 0 Å². The summed E-state index contributed by atoms with van der Waals surface area (Å²) in [5, 5.41) is 6.00. The first-order chi connectivity index (χ1) is 11.7. The van der Waals surface area contributed by atoms with Crippen LogP contribution >= 0.6 is 0 Å². The molecule has 130 valence electrons. The van der Waals surface area contributed by atoms with Crippen LogP contribution in [0.1, 0.15) is 44.1 Å². The van der Waals surface area contributed by atoms with E-state index in [9.17, 15) is 9.59 Å². The Bertz CT molecular complexity index is 555. The fourth-order valence-electron chi connectivity index (χ4n) is 3.67. The van der Waals surface area contributed by atoms with E-state index < -0.39 is 0 Å². The highest BCUT2D eigenvalue weighted by molar-refractivity contribution is 5.79. The van der Waals surface area contributed by atoms with Crippen LogP contribution in [-0.2, 0) is 11.3 Å². The quantitative estimate of drug-likeness (QED) is 0.872. The first-order valence-electron chi connectivity index (χ1n) is 9.07. The van der Waals surface area contributed by atoms with Gasteiger partial charge < -0.3 is 15.5 Å². The monoisotopic (exact) mass is 329 g/mol. The minimum Gasteiger partial charge on any atom is -0.338 e. The van der Waals surface area contributed by atoms with E-state index in [2.05, 4.69) is 10.6 Å². The molecule has 0 bridgehead atoms. The largest absolute Gasteiger partial charge is 0.338 e. The van der Waals surface area contributed by atoms with Gasteiger partial charge in [-0.25, -0.2) is 4.79 Å². The van der Waals surface area contributed by atoms with E-state index in [4.69, 9.17) is 0 Å². The molecule has 1 aliphatic carbocycles. The van der Waals surface area contributed by atoms with Crippen molar-refractivity contribution in [1.29, 1.82) is 0 Å². The van der Waals surface area contributed by atoms with E-state index in [0.717, 1.165) is 24.9 Å². The molecular weight excluding hydrogens is 302 g/mol. The molecule has 0 aromatic heterocycles. The Balaban J connectivity index is 1.40. The topological polar surface area (TPSA) is 61.4 Å². The third kappa shape index (κ3) is 4.73. The van der Waals surface area contributed by atoms with Gasteiger partial charge in [-0.15, -0.1) is 0 Å². The summed E-state index contributed by atoms with van der Waals surface area (Å²) >= 11 is 0. The highest BCUT2D eigenvalue weighted by atomic mass is 16.2. The van der Waals surface area contributed by atoms with Crippen LogP contribution in [0, 0.1) is 5.92 Å². The van der Waals surface area contributed by atoms with Gasteiger partial charge in [0.2, 0.25) is 5.91 Å². The molecule has 5 heteroatoms. The normalized spacial score (nSPS) is 21.8. The fraction of sp³-hybridized carbons (Fsp3) is 0.579. The van der Waals surface area contributed by atoms with Crippen molar-refractivity contribution < 1.29 is 9.59 Å². The van der Waals surface area contributed by atoms with Crippen LogP contribution in [0.2, 0.25) is 0 Å². The van der Waals surface area contributed by atoms with Crippen LogP contribution in [0.4, 0.5) is 4.79 Å². The van der Waals surface area contributed by atoms with E-state index in [-0.39, 0.29) is 17.9 Å². The van der Waals surface area contributed by atoms with Gasteiger partial charge in [-0.3, -0.25) is 4.79 Å². The number of hydrogen-bond acceptors (Lipinski definition) is 2. The highest BCUT2D eigenvalue weighted by Gasteiger charge is 2.29. The summed E-state index contributed by atoms with van der Waals surface area (Å²) in [4.78, 5) is 26.0. The summed E-state index contributed by atoms with van der Waals surface area (Å²) in [6.45, 7) is 1.94. The summed E-state index contributed by atoms with van der Waals surface area (Å²) in [7, 11) is 0. The van der Waals surface area contributed by atoms with Gasteiger partial charge in [0.05, 0.1) is 0 Å². The van der Waals surface area contributed by atoms with Crippen molar-refractivity contribution in [3.05, 3.63) is 35.9 Å². The van der Waals surface area contributed by atoms with E-state index >= 15 is 0 Å². The second kappa shape index (κ2) is 8.18. The maximum atomic E-state index is 12.1. The molecule has 5 nitrogen and oxygen atoms in total. The molecule has 1 heterocycles. The van der Waals surface area contributed by atoms with Crippen LogP contribution in [0.15, 0.2) is 30.3 Å². The zero-order valence-electron chi connectivity index (χ0n) is 14.2. The predicted octanol–water partition coefficient (Wildman–Crippen LogP) is 2.67. The van der Waals surface area contributed by atoms with Gasteiger partial charge in [-0.2, -0.15) is 0 Å². The minimum atomic E-state index is -0.0872. The molecule has 3 rings (SSSR count). The second-order valence-corrected chi connectivity index (χ2v) is 7.02. The lowest BCUT2D eigenvalue weighted by molar-refractivity contribution is -0.128. The average Bonchev–Trinajstić information content (AvgIpc) is 2.95. The molecule has 3 amide bonds. The van der Waals surface area contributed by atoms with Crippen molar-refractivity contribution in [2.75, 3.05) is 13.1 Å². The number of nitrogens with one attached hydrogen (secondary N) is 2. The van der Waals surface area contributed by atoms with E-state index in [0.29, 0.717) is 25.6 Å². The number of urea groups is 1. The molecule has 1 aromatic carbocycles. The standard InChI is InChI=1S/C19H27N3O2/c23-18-11-16(14-22(18)13-15-7-3-1-4-8-15)12-20-19(24)21-17-9-5-2-6-10-17/h1,3-4,7-8,16-17H,2,5-6,9-14H2,(H2,20,21,24)/t16-/m1/s1. The van der Waals surface area contributed by atoms with Crippen LogP contribution < -0.4 is 10.6 Å². The van der Waals surface area contributed by atoms with Crippen molar-refractivity contribution >= 4 is 11.9 Å². The number of benzene rings is 1. The maximum Gasteiger partial charge on any atom is 0.315 e. The lowest BCUT2D eigenvalue weighted by Crippen LogP contribution is -2.44. The molecule has 1 saturated carbocycles. The fourth-order valence-corrected chi connectivity index (χ4v) is 3.67. The maximum absolute atomic E-state index is 12.1. The number of carbonyl (C=O) groups excluding carboxylic acids is 2. The third-order valence-electron chi connectivity index (χ3n) is 5.00. The van der Waals surface area contributed by atoms with E-state index in [1.165, 1.54) is 19.3 Å². The number of nitrogens with zero attached hydrogens (tertiary/aromatic N) is 1. The van der Waals surface area contributed by atoms with Gasteiger partial charge in [0, 0.05) is 38.0 Å². The number of hydrogen-bond donors (Lipinski definition) is 2. The predicted molar refractivity (Wildman–Crippen MR) is 93.4 cm³/mol. The van der Waals surface area contributed by atoms with Crippen molar-refractivity contribution in [2.24, 2.45) is 5.92 Å². The number of likely N-dealkylation sites (tertiary alicyclic amines) is 1. The molecule has 0 radical (unpaired) electrons. The minimum absolute atomic E-state index is 0.0872. The summed E-state index contributed by atoms with van der Waals surface area (Å²) in [6.07, 6.45) is 6.38. The zero-order chi connectivity index (χ0) is 16.8.